The molecule has 0 amide bonds. The standard InChI is InChI=1S/C11H13F3N2/c1-8-4-9(6-15-5-8)7-16-10(2-3-10)11(12,13)14/h4-6,16H,2-3,7H2,1H3. The molecule has 1 aliphatic carbocycles. The minimum atomic E-state index is -4.15. The molecule has 0 unspecified atom stereocenters. The van der Waals surface area contributed by atoms with E-state index in [0.29, 0.717) is 0 Å². The van der Waals surface area contributed by atoms with Gasteiger partial charge in [-0.3, -0.25) is 10.3 Å². The molecule has 16 heavy (non-hydrogen) atoms. The summed E-state index contributed by atoms with van der Waals surface area (Å²) in [6, 6.07) is 1.84. The van der Waals surface area contributed by atoms with E-state index in [1.807, 2.05) is 13.0 Å². The first kappa shape index (κ1) is 11.4. The van der Waals surface area contributed by atoms with E-state index in [1.54, 1.807) is 12.4 Å². The maximum Gasteiger partial charge on any atom is 0.406 e. The molecule has 0 radical (unpaired) electrons. The molecule has 1 aromatic rings. The summed E-state index contributed by atoms with van der Waals surface area (Å²) in [5.74, 6) is 0. The van der Waals surface area contributed by atoms with Crippen molar-refractivity contribution in [3.05, 3.63) is 29.6 Å². The Balaban J connectivity index is 1.98. The maximum absolute atomic E-state index is 12.6. The van der Waals surface area contributed by atoms with Gasteiger partial charge in [0.25, 0.3) is 0 Å². The van der Waals surface area contributed by atoms with Crippen molar-refractivity contribution < 1.29 is 13.2 Å². The lowest BCUT2D eigenvalue weighted by molar-refractivity contribution is -0.166. The van der Waals surface area contributed by atoms with Crippen molar-refractivity contribution in [1.82, 2.24) is 10.3 Å². The van der Waals surface area contributed by atoms with Crippen LogP contribution in [0.25, 0.3) is 0 Å². The van der Waals surface area contributed by atoms with Gasteiger partial charge in [-0.1, -0.05) is 6.07 Å². The molecule has 5 heteroatoms. The summed E-state index contributed by atoms with van der Waals surface area (Å²) in [4.78, 5) is 3.95. The SMILES string of the molecule is Cc1cncc(CNC2(C(F)(F)F)CC2)c1. The molecule has 0 aromatic carbocycles. The average Bonchev–Trinajstić information content (AvgIpc) is 2.94. The predicted molar refractivity (Wildman–Crippen MR) is 53.8 cm³/mol. The topological polar surface area (TPSA) is 24.9 Å². The summed E-state index contributed by atoms with van der Waals surface area (Å²) >= 11 is 0. The smallest absolute Gasteiger partial charge is 0.299 e. The lowest BCUT2D eigenvalue weighted by atomic mass is 10.2. The second-order valence-electron chi connectivity index (χ2n) is 4.30. The summed E-state index contributed by atoms with van der Waals surface area (Å²) < 4.78 is 37.8. The first-order valence-corrected chi connectivity index (χ1v) is 5.15. The van der Waals surface area contributed by atoms with Crippen LogP contribution in [0.2, 0.25) is 0 Å². The van der Waals surface area contributed by atoms with Crippen LogP contribution in [0.3, 0.4) is 0 Å². The first-order chi connectivity index (χ1) is 7.43. The van der Waals surface area contributed by atoms with Gasteiger partial charge in [0.1, 0.15) is 5.54 Å². The van der Waals surface area contributed by atoms with E-state index in [0.717, 1.165) is 11.1 Å². The zero-order valence-corrected chi connectivity index (χ0v) is 8.93. The molecule has 1 aromatic heterocycles. The van der Waals surface area contributed by atoms with Gasteiger partial charge in [-0.05, 0) is 30.9 Å². The number of alkyl halides is 3. The Kier molecular flexibility index (Phi) is 2.66. The van der Waals surface area contributed by atoms with Gasteiger partial charge in [0, 0.05) is 18.9 Å². The lowest BCUT2D eigenvalue weighted by Gasteiger charge is -2.20. The molecule has 2 nitrogen and oxygen atoms in total. The Morgan fingerprint density at radius 2 is 2.06 bits per heavy atom. The van der Waals surface area contributed by atoms with Crippen molar-refractivity contribution in [2.45, 2.75) is 38.0 Å². The number of aryl methyl sites for hydroxylation is 1. The number of hydrogen-bond acceptors (Lipinski definition) is 2. The third-order valence-electron chi connectivity index (χ3n) is 2.86. The van der Waals surface area contributed by atoms with Gasteiger partial charge >= 0.3 is 6.18 Å². The summed E-state index contributed by atoms with van der Waals surface area (Å²) in [7, 11) is 0. The largest absolute Gasteiger partial charge is 0.406 e. The highest BCUT2D eigenvalue weighted by molar-refractivity contribution is 5.18. The molecular weight excluding hydrogens is 217 g/mol. The monoisotopic (exact) mass is 230 g/mol. The molecule has 1 N–H and O–H groups in total. The van der Waals surface area contributed by atoms with Crippen LogP contribution in [0.4, 0.5) is 13.2 Å². The minimum absolute atomic E-state index is 0.176. The summed E-state index contributed by atoms with van der Waals surface area (Å²) in [6.45, 7) is 2.08. The normalized spacial score (nSPS) is 18.5. The Bertz CT molecular complexity index is 383. The molecule has 0 atom stereocenters. The van der Waals surface area contributed by atoms with Gasteiger partial charge < -0.3 is 0 Å². The van der Waals surface area contributed by atoms with E-state index in [-0.39, 0.29) is 19.4 Å². The van der Waals surface area contributed by atoms with Crippen molar-refractivity contribution >= 4 is 0 Å². The number of aromatic nitrogens is 1. The van der Waals surface area contributed by atoms with Crippen molar-refractivity contribution in [1.29, 1.82) is 0 Å². The molecule has 0 spiro atoms. The zero-order chi connectivity index (χ0) is 11.8. The van der Waals surface area contributed by atoms with E-state index < -0.39 is 11.7 Å². The highest BCUT2D eigenvalue weighted by atomic mass is 19.4. The van der Waals surface area contributed by atoms with E-state index in [1.165, 1.54) is 0 Å². The molecular formula is C11H13F3N2. The molecule has 0 bridgehead atoms. The van der Waals surface area contributed by atoms with Crippen LogP contribution in [0.5, 0.6) is 0 Å². The summed E-state index contributed by atoms with van der Waals surface area (Å²) in [6.07, 6.45) is -0.525. The third kappa shape index (κ3) is 2.19. The summed E-state index contributed by atoms with van der Waals surface area (Å²) in [5, 5.41) is 2.59. The number of hydrogen-bond donors (Lipinski definition) is 1. The quantitative estimate of drug-likeness (QED) is 0.863. The van der Waals surface area contributed by atoms with Crippen LogP contribution in [-0.4, -0.2) is 16.7 Å². The highest BCUT2D eigenvalue weighted by Gasteiger charge is 2.62. The van der Waals surface area contributed by atoms with E-state index in [4.69, 9.17) is 0 Å². The van der Waals surface area contributed by atoms with Crippen molar-refractivity contribution in [3.63, 3.8) is 0 Å². The van der Waals surface area contributed by atoms with Crippen molar-refractivity contribution in [2.24, 2.45) is 0 Å². The van der Waals surface area contributed by atoms with Gasteiger partial charge in [0.2, 0.25) is 0 Å². The number of nitrogens with zero attached hydrogens (tertiary/aromatic N) is 1. The first-order valence-electron chi connectivity index (χ1n) is 5.15. The molecule has 1 heterocycles. The average molecular weight is 230 g/mol. The van der Waals surface area contributed by atoms with E-state index in [2.05, 4.69) is 10.3 Å². The number of halogens is 3. The second kappa shape index (κ2) is 3.73. The molecule has 0 aliphatic heterocycles. The molecule has 1 saturated carbocycles. The zero-order valence-electron chi connectivity index (χ0n) is 8.93. The van der Waals surface area contributed by atoms with Gasteiger partial charge in [0.15, 0.2) is 0 Å². The van der Waals surface area contributed by atoms with Crippen molar-refractivity contribution in [3.8, 4) is 0 Å². The molecule has 2 rings (SSSR count). The second-order valence-corrected chi connectivity index (χ2v) is 4.30. The van der Waals surface area contributed by atoms with Crippen LogP contribution in [0.15, 0.2) is 18.5 Å². The Labute approximate surface area is 91.9 Å². The van der Waals surface area contributed by atoms with E-state index >= 15 is 0 Å². The minimum Gasteiger partial charge on any atom is -0.299 e. The molecule has 1 fully saturated rings. The van der Waals surface area contributed by atoms with Gasteiger partial charge in [-0.25, -0.2) is 0 Å². The van der Waals surface area contributed by atoms with Gasteiger partial charge in [0.05, 0.1) is 0 Å². The number of nitrogens with one attached hydrogen (secondary N) is 1. The van der Waals surface area contributed by atoms with E-state index in [9.17, 15) is 13.2 Å². The Hall–Kier alpha value is -1.10. The van der Waals surface area contributed by atoms with Gasteiger partial charge in [-0.2, -0.15) is 13.2 Å². The van der Waals surface area contributed by atoms with Crippen LogP contribution in [0, 0.1) is 6.92 Å². The number of rotatable bonds is 3. The number of pyridine rings is 1. The Morgan fingerprint density at radius 3 is 2.56 bits per heavy atom. The molecule has 88 valence electrons. The third-order valence-corrected chi connectivity index (χ3v) is 2.86. The molecule has 1 aliphatic rings. The van der Waals surface area contributed by atoms with Gasteiger partial charge in [-0.15, -0.1) is 0 Å². The fourth-order valence-electron chi connectivity index (χ4n) is 1.67. The maximum atomic E-state index is 12.6. The van der Waals surface area contributed by atoms with Crippen LogP contribution in [0.1, 0.15) is 24.0 Å². The van der Waals surface area contributed by atoms with Crippen molar-refractivity contribution in [2.75, 3.05) is 0 Å². The van der Waals surface area contributed by atoms with Crippen LogP contribution in [-0.2, 0) is 6.54 Å². The fraction of sp³-hybridized carbons (Fsp3) is 0.545. The van der Waals surface area contributed by atoms with Crippen LogP contribution >= 0.6 is 0 Å². The highest BCUT2D eigenvalue weighted by Crippen LogP contribution is 2.49. The molecule has 0 saturated heterocycles. The van der Waals surface area contributed by atoms with Crippen LogP contribution < -0.4 is 5.32 Å². The summed E-state index contributed by atoms with van der Waals surface area (Å²) in [5.41, 5.74) is 0.100. The fourth-order valence-corrected chi connectivity index (χ4v) is 1.67. The lowest BCUT2D eigenvalue weighted by Crippen LogP contribution is -2.44. The predicted octanol–water partition coefficient (Wildman–Crippen LogP) is 2.57. The Morgan fingerprint density at radius 1 is 1.38 bits per heavy atom.